The van der Waals surface area contributed by atoms with Crippen LogP contribution >= 0.6 is 11.8 Å². The molecule has 0 bridgehead atoms. The van der Waals surface area contributed by atoms with Gasteiger partial charge in [-0.05, 0) is 13.2 Å². The van der Waals surface area contributed by atoms with Gasteiger partial charge in [-0.3, -0.25) is 4.78 Å². The summed E-state index contributed by atoms with van der Waals surface area (Å²) in [7, 11) is -2.61. The fourth-order valence-electron chi connectivity index (χ4n) is 2.12. The Kier molecular flexibility index (Phi) is 4.87. The molecule has 1 unspecified atom stereocenters. The number of nitrogens with zero attached hydrogens (tertiary/aromatic N) is 3. The van der Waals surface area contributed by atoms with Crippen molar-refractivity contribution in [1.29, 1.82) is 4.78 Å². The van der Waals surface area contributed by atoms with Gasteiger partial charge in [-0.2, -0.15) is 0 Å². The fourth-order valence-corrected chi connectivity index (χ4v) is 3.23. The molecule has 20 heavy (non-hydrogen) atoms. The van der Waals surface area contributed by atoms with Crippen LogP contribution in [0.15, 0.2) is 11.2 Å². The third-order valence-electron chi connectivity index (χ3n) is 3.01. The van der Waals surface area contributed by atoms with E-state index in [9.17, 15) is 4.21 Å². The summed E-state index contributed by atoms with van der Waals surface area (Å²) in [5, 5.41) is 0.653. The first-order valence-electron chi connectivity index (χ1n) is 6.37. The highest BCUT2D eigenvalue weighted by Gasteiger charge is 2.21. The zero-order valence-corrected chi connectivity index (χ0v) is 13.6. The van der Waals surface area contributed by atoms with Crippen LogP contribution in [0.1, 0.15) is 12.6 Å². The van der Waals surface area contributed by atoms with Crippen molar-refractivity contribution in [2.24, 2.45) is 0 Å². The van der Waals surface area contributed by atoms with Crippen LogP contribution in [0.25, 0.3) is 0 Å². The van der Waals surface area contributed by atoms with Gasteiger partial charge < -0.3 is 9.64 Å². The molecule has 0 aromatic carbocycles. The Labute approximate surface area is 124 Å². The van der Waals surface area contributed by atoms with Crippen molar-refractivity contribution in [3.8, 4) is 0 Å². The predicted molar refractivity (Wildman–Crippen MR) is 81.9 cm³/mol. The molecule has 0 spiro atoms. The van der Waals surface area contributed by atoms with Gasteiger partial charge in [0.05, 0.1) is 30.7 Å². The van der Waals surface area contributed by atoms with Gasteiger partial charge >= 0.3 is 0 Å². The van der Waals surface area contributed by atoms with Crippen molar-refractivity contribution in [1.82, 2.24) is 9.97 Å². The average molecular weight is 316 g/mol. The van der Waals surface area contributed by atoms with E-state index < -0.39 is 9.73 Å². The van der Waals surface area contributed by atoms with Gasteiger partial charge in [-0.1, -0.05) is 11.8 Å². The number of ether oxygens (including phenoxy) is 1. The second-order valence-corrected chi connectivity index (χ2v) is 8.04. The van der Waals surface area contributed by atoms with Crippen molar-refractivity contribution >= 4 is 27.3 Å². The maximum Gasteiger partial charge on any atom is 0.189 e. The lowest BCUT2D eigenvalue weighted by atomic mass is 10.2. The molecular formula is C12H20N4O2S2. The molecule has 2 rings (SSSR count). The molecule has 0 aliphatic carbocycles. The third-order valence-corrected chi connectivity index (χ3v) is 4.41. The van der Waals surface area contributed by atoms with E-state index in [1.165, 1.54) is 18.0 Å². The first-order valence-corrected chi connectivity index (χ1v) is 9.73. The van der Waals surface area contributed by atoms with Crippen molar-refractivity contribution in [2.45, 2.75) is 23.9 Å². The number of hydrogen-bond acceptors (Lipinski definition) is 7. The van der Waals surface area contributed by atoms with Crippen LogP contribution in [-0.4, -0.2) is 52.5 Å². The largest absolute Gasteiger partial charge is 0.377 e. The Morgan fingerprint density at radius 1 is 1.60 bits per heavy atom. The zero-order chi connectivity index (χ0) is 14.8. The van der Waals surface area contributed by atoms with E-state index in [0.29, 0.717) is 24.1 Å². The Hall–Kier alpha value is -0.860. The Morgan fingerprint density at radius 2 is 2.35 bits per heavy atom. The van der Waals surface area contributed by atoms with Crippen molar-refractivity contribution in [2.75, 3.05) is 37.2 Å². The molecule has 0 saturated carbocycles. The molecule has 2 atom stereocenters. The maximum absolute atomic E-state index is 11.7. The summed E-state index contributed by atoms with van der Waals surface area (Å²) in [6.07, 6.45) is 3.35. The van der Waals surface area contributed by atoms with E-state index in [1.54, 1.807) is 0 Å². The maximum atomic E-state index is 11.7. The van der Waals surface area contributed by atoms with E-state index in [2.05, 4.69) is 21.8 Å². The normalized spacial score (nSPS) is 22.6. The van der Waals surface area contributed by atoms with Crippen LogP contribution in [0.2, 0.25) is 0 Å². The SMILES string of the molecule is CSc1nc(CS(C)(=N)=O)cc(N2CCOC[C@H]2C)n1. The predicted octanol–water partition coefficient (Wildman–Crippen LogP) is 1.60. The number of morpholine rings is 1. The minimum Gasteiger partial charge on any atom is -0.377 e. The molecule has 0 amide bonds. The van der Waals surface area contributed by atoms with Crippen molar-refractivity contribution < 1.29 is 8.95 Å². The number of rotatable bonds is 4. The summed E-state index contributed by atoms with van der Waals surface area (Å²) in [5.41, 5.74) is 0.667. The van der Waals surface area contributed by atoms with E-state index in [4.69, 9.17) is 9.52 Å². The van der Waals surface area contributed by atoms with E-state index in [0.717, 1.165) is 12.4 Å². The van der Waals surface area contributed by atoms with Crippen LogP contribution < -0.4 is 4.90 Å². The molecule has 112 valence electrons. The molecule has 2 heterocycles. The summed E-state index contributed by atoms with van der Waals surface area (Å²) in [4.78, 5) is 11.1. The molecule has 1 aliphatic heterocycles. The Morgan fingerprint density at radius 3 is 2.95 bits per heavy atom. The lowest BCUT2D eigenvalue weighted by Gasteiger charge is -2.34. The first kappa shape index (κ1) is 15.5. The number of thioether (sulfide) groups is 1. The summed E-state index contributed by atoms with van der Waals surface area (Å²) in [6.45, 7) is 4.24. The van der Waals surface area contributed by atoms with E-state index in [-0.39, 0.29) is 11.8 Å². The number of nitrogens with one attached hydrogen (secondary N) is 1. The number of hydrogen-bond donors (Lipinski definition) is 1. The van der Waals surface area contributed by atoms with Crippen LogP contribution in [-0.2, 0) is 20.2 Å². The standard InChI is InChI=1S/C12H20N4O2S2/c1-9-7-18-5-4-16(9)11-6-10(8-20(3,13)17)14-12(15-11)19-2/h6,9,13H,4-5,7-8H2,1-3H3/t9-,20?/m1/s1. The summed E-state index contributed by atoms with van der Waals surface area (Å²) < 4.78 is 24.7. The lowest BCUT2D eigenvalue weighted by molar-refractivity contribution is 0.0984. The monoisotopic (exact) mass is 316 g/mol. The second-order valence-electron chi connectivity index (χ2n) is 4.97. The molecule has 1 saturated heterocycles. The highest BCUT2D eigenvalue weighted by molar-refractivity contribution is 7.98. The molecule has 1 fully saturated rings. The summed E-state index contributed by atoms with van der Waals surface area (Å²) in [5.74, 6) is 0.994. The lowest BCUT2D eigenvalue weighted by Crippen LogP contribution is -2.44. The Balaban J connectivity index is 2.34. The van der Waals surface area contributed by atoms with Gasteiger partial charge in [0.25, 0.3) is 0 Å². The third kappa shape index (κ3) is 4.07. The average Bonchev–Trinajstić information content (AvgIpc) is 2.36. The molecule has 0 radical (unpaired) electrons. The van der Waals surface area contributed by atoms with Crippen LogP contribution in [0, 0.1) is 4.78 Å². The smallest absolute Gasteiger partial charge is 0.189 e. The summed E-state index contributed by atoms with van der Waals surface area (Å²) in [6, 6.07) is 2.10. The van der Waals surface area contributed by atoms with Crippen LogP contribution in [0.5, 0.6) is 0 Å². The van der Waals surface area contributed by atoms with Crippen LogP contribution in [0.3, 0.4) is 0 Å². The number of anilines is 1. The first-order chi connectivity index (χ1) is 9.39. The molecule has 1 N–H and O–H groups in total. The highest BCUT2D eigenvalue weighted by atomic mass is 32.2. The van der Waals surface area contributed by atoms with Gasteiger partial charge in [0.2, 0.25) is 0 Å². The molecule has 1 aromatic heterocycles. The topological polar surface area (TPSA) is 79.2 Å². The Bertz CT molecular complexity index is 577. The van der Waals surface area contributed by atoms with Gasteiger partial charge in [0.15, 0.2) is 5.16 Å². The fraction of sp³-hybridized carbons (Fsp3) is 0.667. The molecule has 6 nitrogen and oxygen atoms in total. The quantitative estimate of drug-likeness (QED) is 0.671. The van der Waals surface area contributed by atoms with Gasteiger partial charge in [0, 0.05) is 28.6 Å². The molecule has 1 aromatic rings. The van der Waals surface area contributed by atoms with E-state index >= 15 is 0 Å². The highest BCUT2D eigenvalue weighted by Crippen LogP contribution is 2.22. The van der Waals surface area contributed by atoms with Crippen LogP contribution in [0.4, 0.5) is 5.82 Å². The second kappa shape index (κ2) is 6.28. The van der Waals surface area contributed by atoms with Gasteiger partial charge in [0.1, 0.15) is 5.82 Å². The summed E-state index contributed by atoms with van der Waals surface area (Å²) >= 11 is 1.45. The molecular weight excluding hydrogens is 296 g/mol. The number of aromatic nitrogens is 2. The zero-order valence-electron chi connectivity index (χ0n) is 12.0. The van der Waals surface area contributed by atoms with E-state index in [1.807, 2.05) is 12.3 Å². The van der Waals surface area contributed by atoms with Crippen molar-refractivity contribution in [3.05, 3.63) is 11.8 Å². The molecule has 1 aliphatic rings. The van der Waals surface area contributed by atoms with Gasteiger partial charge in [-0.15, -0.1) is 0 Å². The van der Waals surface area contributed by atoms with Gasteiger partial charge in [-0.25, -0.2) is 14.2 Å². The molecule has 8 heteroatoms. The minimum atomic E-state index is -2.61. The van der Waals surface area contributed by atoms with Crippen molar-refractivity contribution in [3.63, 3.8) is 0 Å². The minimum absolute atomic E-state index is 0.162.